The van der Waals surface area contributed by atoms with Crippen molar-refractivity contribution in [1.29, 1.82) is 5.26 Å². The molecule has 1 atom stereocenters. The SMILES string of the molecule is CC(Oc1cccc(F)c1C#N)C(C)(C)C. The minimum Gasteiger partial charge on any atom is -0.489 e. The van der Waals surface area contributed by atoms with Crippen LogP contribution in [-0.2, 0) is 0 Å². The Balaban J connectivity index is 2.99. The van der Waals surface area contributed by atoms with E-state index in [1.54, 1.807) is 12.1 Å². The summed E-state index contributed by atoms with van der Waals surface area (Å²) in [7, 11) is 0. The Bertz CT molecular complexity index is 415. The maximum absolute atomic E-state index is 13.3. The smallest absolute Gasteiger partial charge is 0.144 e. The molecule has 0 saturated heterocycles. The first kappa shape index (κ1) is 12.5. The Morgan fingerprint density at radius 1 is 1.38 bits per heavy atom. The van der Waals surface area contributed by atoms with Crippen LogP contribution in [0.25, 0.3) is 0 Å². The first-order valence-electron chi connectivity index (χ1n) is 5.21. The van der Waals surface area contributed by atoms with Gasteiger partial charge in [-0.1, -0.05) is 26.8 Å². The van der Waals surface area contributed by atoms with Gasteiger partial charge >= 0.3 is 0 Å². The molecule has 0 amide bonds. The number of hydrogen-bond acceptors (Lipinski definition) is 2. The molecule has 0 aliphatic heterocycles. The molecular weight excluding hydrogens is 205 g/mol. The van der Waals surface area contributed by atoms with Gasteiger partial charge in [0.15, 0.2) is 0 Å². The first-order valence-corrected chi connectivity index (χ1v) is 5.21. The average Bonchev–Trinajstić information content (AvgIpc) is 2.16. The number of ether oxygens (including phenoxy) is 1. The van der Waals surface area contributed by atoms with Gasteiger partial charge in [-0.25, -0.2) is 4.39 Å². The van der Waals surface area contributed by atoms with Gasteiger partial charge < -0.3 is 4.74 Å². The first-order chi connectivity index (χ1) is 7.36. The van der Waals surface area contributed by atoms with E-state index < -0.39 is 5.82 Å². The van der Waals surface area contributed by atoms with E-state index >= 15 is 0 Å². The van der Waals surface area contributed by atoms with Crippen LogP contribution in [0.5, 0.6) is 5.75 Å². The monoisotopic (exact) mass is 221 g/mol. The number of nitriles is 1. The van der Waals surface area contributed by atoms with Crippen molar-refractivity contribution in [3.8, 4) is 11.8 Å². The number of benzene rings is 1. The highest BCUT2D eigenvalue weighted by molar-refractivity contribution is 5.43. The maximum Gasteiger partial charge on any atom is 0.144 e. The third kappa shape index (κ3) is 2.73. The van der Waals surface area contributed by atoms with Gasteiger partial charge in [-0.3, -0.25) is 0 Å². The largest absolute Gasteiger partial charge is 0.489 e. The summed E-state index contributed by atoms with van der Waals surface area (Å²) in [6.45, 7) is 8.00. The van der Waals surface area contributed by atoms with E-state index in [-0.39, 0.29) is 17.1 Å². The summed E-state index contributed by atoms with van der Waals surface area (Å²) in [5.41, 5.74) is -0.0856. The quantitative estimate of drug-likeness (QED) is 0.765. The van der Waals surface area contributed by atoms with Crippen LogP contribution in [0, 0.1) is 22.6 Å². The number of rotatable bonds is 2. The fourth-order valence-electron chi connectivity index (χ4n) is 1.08. The molecule has 0 N–H and O–H groups in total. The molecule has 2 nitrogen and oxygen atoms in total. The Hall–Kier alpha value is -1.56. The summed E-state index contributed by atoms with van der Waals surface area (Å²) < 4.78 is 18.9. The Labute approximate surface area is 95.7 Å². The predicted molar refractivity (Wildman–Crippen MR) is 60.7 cm³/mol. The number of hydrogen-bond donors (Lipinski definition) is 0. The fraction of sp³-hybridized carbons (Fsp3) is 0.462. The van der Waals surface area contributed by atoms with Crippen LogP contribution in [-0.4, -0.2) is 6.10 Å². The van der Waals surface area contributed by atoms with Gasteiger partial charge in [-0.2, -0.15) is 5.26 Å². The van der Waals surface area contributed by atoms with Crippen molar-refractivity contribution in [2.24, 2.45) is 5.41 Å². The lowest BCUT2D eigenvalue weighted by Gasteiger charge is -2.28. The molecule has 0 aliphatic rings. The van der Waals surface area contributed by atoms with Crippen molar-refractivity contribution in [2.75, 3.05) is 0 Å². The molecule has 3 heteroatoms. The predicted octanol–water partition coefficient (Wildman–Crippen LogP) is 3.51. The Morgan fingerprint density at radius 2 is 2.00 bits per heavy atom. The lowest BCUT2D eigenvalue weighted by molar-refractivity contribution is 0.103. The van der Waals surface area contributed by atoms with Crippen molar-refractivity contribution >= 4 is 0 Å². The van der Waals surface area contributed by atoms with Crippen LogP contribution < -0.4 is 4.74 Å². The second-order valence-electron chi connectivity index (χ2n) is 4.85. The van der Waals surface area contributed by atoms with Crippen LogP contribution >= 0.6 is 0 Å². The van der Waals surface area contributed by atoms with Gasteiger partial charge in [-0.05, 0) is 24.5 Å². The van der Waals surface area contributed by atoms with Gasteiger partial charge in [0.05, 0.1) is 0 Å². The second kappa shape index (κ2) is 4.52. The topological polar surface area (TPSA) is 33.0 Å². The van der Waals surface area contributed by atoms with E-state index in [1.807, 2.05) is 33.8 Å². The average molecular weight is 221 g/mol. The van der Waals surface area contributed by atoms with Crippen LogP contribution in [0.2, 0.25) is 0 Å². The van der Waals surface area contributed by atoms with Gasteiger partial charge in [0, 0.05) is 0 Å². The molecule has 1 aromatic carbocycles. The minimum absolute atomic E-state index is 0.0291. The van der Waals surface area contributed by atoms with Crippen molar-refractivity contribution in [3.05, 3.63) is 29.6 Å². The summed E-state index contributed by atoms with van der Waals surface area (Å²) in [6.07, 6.45) is -0.0959. The highest BCUT2D eigenvalue weighted by atomic mass is 19.1. The second-order valence-corrected chi connectivity index (χ2v) is 4.85. The van der Waals surface area contributed by atoms with E-state index in [0.717, 1.165) is 0 Å². The summed E-state index contributed by atoms with van der Waals surface area (Å²) in [5, 5.41) is 8.84. The highest BCUT2D eigenvalue weighted by Crippen LogP contribution is 2.27. The van der Waals surface area contributed by atoms with Crippen LogP contribution in [0.4, 0.5) is 4.39 Å². The molecule has 86 valence electrons. The van der Waals surface area contributed by atoms with E-state index in [2.05, 4.69) is 0 Å². The van der Waals surface area contributed by atoms with E-state index in [0.29, 0.717) is 5.75 Å². The zero-order chi connectivity index (χ0) is 12.3. The molecule has 0 radical (unpaired) electrons. The van der Waals surface area contributed by atoms with Crippen molar-refractivity contribution in [2.45, 2.75) is 33.8 Å². The fourth-order valence-corrected chi connectivity index (χ4v) is 1.08. The van der Waals surface area contributed by atoms with Gasteiger partial charge in [-0.15, -0.1) is 0 Å². The summed E-state index contributed by atoms with van der Waals surface area (Å²) in [6, 6.07) is 6.24. The standard InChI is InChI=1S/C13H16FNO/c1-9(13(2,3)4)16-12-7-5-6-11(14)10(12)8-15/h5-7,9H,1-4H3. The zero-order valence-electron chi connectivity index (χ0n) is 10.0. The maximum atomic E-state index is 13.3. The van der Waals surface area contributed by atoms with Crippen LogP contribution in [0.15, 0.2) is 18.2 Å². The normalized spacial score (nSPS) is 13.0. The number of halogens is 1. The molecule has 0 saturated carbocycles. The van der Waals surface area contributed by atoms with Gasteiger partial charge in [0.1, 0.15) is 29.3 Å². The van der Waals surface area contributed by atoms with Gasteiger partial charge in [0.2, 0.25) is 0 Å². The molecule has 0 heterocycles. The molecule has 0 spiro atoms. The lowest BCUT2D eigenvalue weighted by Crippen LogP contribution is -2.29. The molecule has 1 aromatic rings. The third-order valence-corrected chi connectivity index (χ3v) is 2.61. The highest BCUT2D eigenvalue weighted by Gasteiger charge is 2.23. The number of nitrogens with zero attached hydrogens (tertiary/aromatic N) is 1. The summed E-state index contributed by atoms with van der Waals surface area (Å²) >= 11 is 0. The van der Waals surface area contributed by atoms with Crippen LogP contribution in [0.3, 0.4) is 0 Å². The molecule has 1 unspecified atom stereocenters. The van der Waals surface area contributed by atoms with Crippen molar-refractivity contribution < 1.29 is 9.13 Å². The molecule has 0 bridgehead atoms. The molecule has 16 heavy (non-hydrogen) atoms. The molecule has 0 aromatic heterocycles. The molecule has 1 rings (SSSR count). The minimum atomic E-state index is -0.541. The van der Waals surface area contributed by atoms with E-state index in [9.17, 15) is 4.39 Å². The Kier molecular flexibility index (Phi) is 3.54. The molecule has 0 aliphatic carbocycles. The summed E-state index contributed by atoms with van der Waals surface area (Å²) in [4.78, 5) is 0. The van der Waals surface area contributed by atoms with Crippen LogP contribution in [0.1, 0.15) is 33.3 Å². The summed E-state index contributed by atoms with van der Waals surface area (Å²) in [5.74, 6) is -0.231. The van der Waals surface area contributed by atoms with E-state index in [4.69, 9.17) is 10.00 Å². The third-order valence-electron chi connectivity index (χ3n) is 2.61. The van der Waals surface area contributed by atoms with Crippen molar-refractivity contribution in [1.82, 2.24) is 0 Å². The lowest BCUT2D eigenvalue weighted by atomic mass is 9.90. The van der Waals surface area contributed by atoms with E-state index in [1.165, 1.54) is 6.07 Å². The zero-order valence-corrected chi connectivity index (χ0v) is 10.0. The molecule has 0 fully saturated rings. The van der Waals surface area contributed by atoms with Crippen molar-refractivity contribution in [3.63, 3.8) is 0 Å². The molecular formula is C13H16FNO. The van der Waals surface area contributed by atoms with Gasteiger partial charge in [0.25, 0.3) is 0 Å². The Morgan fingerprint density at radius 3 is 2.50 bits per heavy atom.